The van der Waals surface area contributed by atoms with Crippen molar-refractivity contribution in [3.8, 4) is 0 Å². The van der Waals surface area contributed by atoms with Crippen molar-refractivity contribution in [1.29, 1.82) is 0 Å². The average molecular weight is 580 g/mol. The SMILES string of the molecule is Cc1ccc(SCC(=O)N(Cc2cccc(Br)c2)[C@H](Cc2ccccc2)C(=O)NC2CCCCC2)cc1. The standard InChI is InChI=1S/C31H35BrN2O2S/c1-23-15-17-28(18-16-23)37-22-30(35)34(21-25-11-8-12-26(32)19-25)29(20-24-9-4-2-5-10-24)31(36)33-27-13-6-3-7-14-27/h2,4-5,8-12,15-19,27,29H,3,6-7,13-14,20-22H2,1H3,(H,33,36)/t29-/m1/s1. The summed E-state index contributed by atoms with van der Waals surface area (Å²) in [7, 11) is 0. The van der Waals surface area contributed by atoms with E-state index in [-0.39, 0.29) is 23.6 Å². The maximum absolute atomic E-state index is 13.8. The summed E-state index contributed by atoms with van der Waals surface area (Å²) in [4.78, 5) is 30.5. The van der Waals surface area contributed by atoms with E-state index in [0.717, 1.165) is 46.2 Å². The van der Waals surface area contributed by atoms with E-state index in [0.29, 0.717) is 13.0 Å². The first-order chi connectivity index (χ1) is 18.0. The van der Waals surface area contributed by atoms with Gasteiger partial charge in [-0.3, -0.25) is 9.59 Å². The number of nitrogens with one attached hydrogen (secondary N) is 1. The van der Waals surface area contributed by atoms with E-state index in [9.17, 15) is 9.59 Å². The largest absolute Gasteiger partial charge is 0.352 e. The molecule has 0 saturated heterocycles. The van der Waals surface area contributed by atoms with Gasteiger partial charge in [0.1, 0.15) is 6.04 Å². The van der Waals surface area contributed by atoms with Gasteiger partial charge < -0.3 is 10.2 Å². The molecule has 0 aromatic heterocycles. The first kappa shape index (κ1) is 27.5. The summed E-state index contributed by atoms with van der Waals surface area (Å²) in [5.41, 5.74) is 3.23. The molecule has 4 nitrogen and oxygen atoms in total. The maximum atomic E-state index is 13.8. The molecule has 1 aliphatic rings. The second-order valence-electron chi connectivity index (χ2n) is 9.80. The van der Waals surface area contributed by atoms with Gasteiger partial charge in [0.25, 0.3) is 0 Å². The van der Waals surface area contributed by atoms with Crippen LogP contribution < -0.4 is 5.32 Å². The fraction of sp³-hybridized carbons (Fsp3) is 0.355. The lowest BCUT2D eigenvalue weighted by Gasteiger charge is -2.33. The summed E-state index contributed by atoms with van der Waals surface area (Å²) in [5.74, 6) is 0.184. The molecule has 2 amide bonds. The molecule has 0 spiro atoms. The summed E-state index contributed by atoms with van der Waals surface area (Å²) >= 11 is 5.07. The van der Waals surface area contributed by atoms with Gasteiger partial charge in [-0.15, -0.1) is 11.8 Å². The average Bonchev–Trinajstić information content (AvgIpc) is 2.91. The third kappa shape index (κ3) is 8.47. The number of halogens is 1. The minimum Gasteiger partial charge on any atom is -0.352 e. The predicted octanol–water partition coefficient (Wildman–Crippen LogP) is 6.94. The summed E-state index contributed by atoms with van der Waals surface area (Å²) in [6, 6.07) is 25.8. The third-order valence-corrected chi connectivity index (χ3v) is 8.34. The number of carbonyl (C=O) groups excluding carboxylic acids is 2. The Morgan fingerprint density at radius 1 is 0.946 bits per heavy atom. The van der Waals surface area contributed by atoms with E-state index < -0.39 is 6.04 Å². The Labute approximate surface area is 233 Å². The molecular weight excluding hydrogens is 544 g/mol. The molecule has 3 aromatic carbocycles. The van der Waals surface area contributed by atoms with Gasteiger partial charge in [-0.05, 0) is 55.2 Å². The van der Waals surface area contributed by atoms with Crippen molar-refractivity contribution in [1.82, 2.24) is 10.2 Å². The van der Waals surface area contributed by atoms with E-state index >= 15 is 0 Å². The van der Waals surface area contributed by atoms with Crippen LogP contribution in [-0.4, -0.2) is 34.6 Å². The van der Waals surface area contributed by atoms with Crippen LogP contribution in [0.1, 0.15) is 48.8 Å². The van der Waals surface area contributed by atoms with Crippen LogP contribution >= 0.6 is 27.7 Å². The van der Waals surface area contributed by atoms with Crippen LogP contribution in [0, 0.1) is 6.92 Å². The number of hydrogen-bond acceptors (Lipinski definition) is 3. The number of nitrogens with zero attached hydrogens (tertiary/aromatic N) is 1. The number of benzene rings is 3. The first-order valence-corrected chi connectivity index (χ1v) is 14.8. The van der Waals surface area contributed by atoms with Crippen molar-refractivity contribution in [3.63, 3.8) is 0 Å². The number of rotatable bonds is 10. The van der Waals surface area contributed by atoms with Crippen LogP contribution in [0.5, 0.6) is 0 Å². The molecule has 0 aliphatic heterocycles. The molecule has 0 bridgehead atoms. The fourth-order valence-electron chi connectivity index (χ4n) is 4.79. The lowest BCUT2D eigenvalue weighted by atomic mass is 9.94. The molecule has 37 heavy (non-hydrogen) atoms. The van der Waals surface area contributed by atoms with E-state index in [4.69, 9.17) is 0 Å². The van der Waals surface area contributed by atoms with Crippen molar-refractivity contribution < 1.29 is 9.59 Å². The fourth-order valence-corrected chi connectivity index (χ4v) is 6.02. The smallest absolute Gasteiger partial charge is 0.243 e. The summed E-state index contributed by atoms with van der Waals surface area (Å²) < 4.78 is 0.956. The van der Waals surface area contributed by atoms with E-state index in [2.05, 4.69) is 40.3 Å². The highest BCUT2D eigenvalue weighted by molar-refractivity contribution is 9.10. The molecule has 194 valence electrons. The molecule has 3 aromatic rings. The lowest BCUT2D eigenvalue weighted by molar-refractivity contribution is -0.139. The summed E-state index contributed by atoms with van der Waals surface area (Å²) in [5, 5.41) is 3.30. The van der Waals surface area contributed by atoms with Crippen molar-refractivity contribution in [2.75, 3.05) is 5.75 Å². The lowest BCUT2D eigenvalue weighted by Crippen LogP contribution is -2.53. The van der Waals surface area contributed by atoms with Crippen molar-refractivity contribution in [2.24, 2.45) is 0 Å². The van der Waals surface area contributed by atoms with E-state index in [1.807, 2.05) is 66.7 Å². The molecule has 0 heterocycles. The summed E-state index contributed by atoms with van der Waals surface area (Å²) in [6.45, 7) is 2.43. The number of aryl methyl sites for hydroxylation is 1. The first-order valence-electron chi connectivity index (χ1n) is 13.1. The zero-order chi connectivity index (χ0) is 26.0. The van der Waals surface area contributed by atoms with Gasteiger partial charge in [-0.1, -0.05) is 95.4 Å². The van der Waals surface area contributed by atoms with Gasteiger partial charge in [0.15, 0.2) is 0 Å². The number of hydrogen-bond donors (Lipinski definition) is 1. The van der Waals surface area contributed by atoms with Crippen molar-refractivity contribution in [2.45, 2.75) is 69.0 Å². The van der Waals surface area contributed by atoms with Gasteiger partial charge >= 0.3 is 0 Å². The molecule has 4 rings (SSSR count). The Morgan fingerprint density at radius 2 is 1.65 bits per heavy atom. The Kier molecular flexibility index (Phi) is 10.3. The maximum Gasteiger partial charge on any atom is 0.243 e. The second-order valence-corrected chi connectivity index (χ2v) is 11.8. The van der Waals surface area contributed by atoms with Crippen LogP contribution in [0.2, 0.25) is 0 Å². The third-order valence-electron chi connectivity index (χ3n) is 6.85. The molecule has 0 unspecified atom stereocenters. The van der Waals surface area contributed by atoms with Crippen LogP contribution in [0.15, 0.2) is 88.2 Å². The molecular formula is C31H35BrN2O2S. The zero-order valence-corrected chi connectivity index (χ0v) is 23.8. The highest BCUT2D eigenvalue weighted by Crippen LogP contribution is 2.23. The molecule has 1 N–H and O–H groups in total. The van der Waals surface area contributed by atoms with Gasteiger partial charge in [-0.2, -0.15) is 0 Å². The monoisotopic (exact) mass is 578 g/mol. The van der Waals surface area contributed by atoms with Crippen LogP contribution in [0.3, 0.4) is 0 Å². The minimum absolute atomic E-state index is 0.0368. The highest BCUT2D eigenvalue weighted by atomic mass is 79.9. The number of amides is 2. The van der Waals surface area contributed by atoms with E-state index in [1.54, 1.807) is 4.90 Å². The Hall–Kier alpha value is -2.57. The van der Waals surface area contributed by atoms with Crippen LogP contribution in [0.4, 0.5) is 0 Å². The topological polar surface area (TPSA) is 49.4 Å². The second kappa shape index (κ2) is 13.8. The quantitative estimate of drug-likeness (QED) is 0.265. The Bertz CT molecular complexity index is 1160. The Balaban J connectivity index is 1.60. The molecule has 0 radical (unpaired) electrons. The predicted molar refractivity (Wildman–Crippen MR) is 156 cm³/mol. The van der Waals surface area contributed by atoms with Crippen LogP contribution in [0.25, 0.3) is 0 Å². The van der Waals surface area contributed by atoms with Crippen LogP contribution in [-0.2, 0) is 22.6 Å². The zero-order valence-electron chi connectivity index (χ0n) is 21.4. The van der Waals surface area contributed by atoms with Crippen molar-refractivity contribution >= 4 is 39.5 Å². The molecule has 1 fully saturated rings. The van der Waals surface area contributed by atoms with Crippen molar-refractivity contribution in [3.05, 3.63) is 100 Å². The number of carbonyl (C=O) groups is 2. The Morgan fingerprint density at radius 3 is 2.35 bits per heavy atom. The van der Waals surface area contributed by atoms with Gasteiger partial charge in [0.2, 0.25) is 11.8 Å². The molecule has 6 heteroatoms. The molecule has 1 aliphatic carbocycles. The van der Waals surface area contributed by atoms with E-state index in [1.165, 1.54) is 23.7 Å². The van der Waals surface area contributed by atoms with Gasteiger partial charge in [-0.25, -0.2) is 0 Å². The normalized spacial score (nSPS) is 14.6. The van der Waals surface area contributed by atoms with Gasteiger partial charge in [0, 0.05) is 28.4 Å². The summed E-state index contributed by atoms with van der Waals surface area (Å²) in [6.07, 6.45) is 6.00. The molecule has 1 atom stereocenters. The van der Waals surface area contributed by atoms with Gasteiger partial charge in [0.05, 0.1) is 5.75 Å². The minimum atomic E-state index is -0.588. The number of thioether (sulfide) groups is 1. The molecule has 1 saturated carbocycles. The highest BCUT2D eigenvalue weighted by Gasteiger charge is 2.32.